The maximum absolute atomic E-state index is 13.7. The van der Waals surface area contributed by atoms with Crippen molar-refractivity contribution in [1.29, 1.82) is 5.26 Å². The van der Waals surface area contributed by atoms with Crippen LogP contribution in [-0.2, 0) is 0 Å². The molecule has 0 aliphatic rings. The van der Waals surface area contributed by atoms with Crippen molar-refractivity contribution >= 4 is 0 Å². The van der Waals surface area contributed by atoms with Crippen molar-refractivity contribution in [1.82, 2.24) is 5.32 Å². The summed E-state index contributed by atoms with van der Waals surface area (Å²) >= 11 is 0. The maximum Gasteiger partial charge on any atom is 0.141 e. The molecule has 3 nitrogen and oxygen atoms in total. The van der Waals surface area contributed by atoms with Crippen LogP contribution >= 0.6 is 0 Å². The Morgan fingerprint density at radius 2 is 1.90 bits per heavy atom. The molecule has 0 spiro atoms. The number of hydrogen-bond donors (Lipinski definition) is 2. The second kappa shape index (κ2) is 6.98. The number of nitrogens with one attached hydrogen (secondary N) is 1. The van der Waals surface area contributed by atoms with Crippen molar-refractivity contribution in [3.8, 4) is 6.07 Å². The van der Waals surface area contributed by atoms with Crippen LogP contribution in [0.3, 0.4) is 0 Å². The standard InChI is InChI=1S/C17H17FN2O/c1-12(14-7-8-15(10-19)16(18)9-14)20-17(11-21)13-5-3-2-4-6-13/h2-9,12,17,20-21H,11H2,1H3. The number of hydrogen-bond acceptors (Lipinski definition) is 3. The van der Waals surface area contributed by atoms with Gasteiger partial charge in [-0.15, -0.1) is 0 Å². The Bertz CT molecular complexity index is 637. The number of rotatable bonds is 5. The first kappa shape index (κ1) is 15.2. The smallest absolute Gasteiger partial charge is 0.141 e. The van der Waals surface area contributed by atoms with Gasteiger partial charge in [0, 0.05) is 6.04 Å². The molecule has 21 heavy (non-hydrogen) atoms. The van der Waals surface area contributed by atoms with E-state index in [4.69, 9.17) is 5.26 Å². The quantitative estimate of drug-likeness (QED) is 0.887. The van der Waals surface area contributed by atoms with E-state index in [1.165, 1.54) is 12.1 Å². The molecule has 2 N–H and O–H groups in total. The minimum atomic E-state index is -0.524. The van der Waals surface area contributed by atoms with Crippen molar-refractivity contribution < 1.29 is 9.50 Å². The number of benzene rings is 2. The topological polar surface area (TPSA) is 56.0 Å². The van der Waals surface area contributed by atoms with Gasteiger partial charge < -0.3 is 10.4 Å². The molecule has 108 valence electrons. The van der Waals surface area contributed by atoms with Crippen LogP contribution in [0.2, 0.25) is 0 Å². The average molecular weight is 284 g/mol. The van der Waals surface area contributed by atoms with Gasteiger partial charge >= 0.3 is 0 Å². The SMILES string of the molecule is CC(NC(CO)c1ccccc1)c1ccc(C#N)c(F)c1. The average Bonchev–Trinajstić information content (AvgIpc) is 2.53. The predicted molar refractivity (Wildman–Crippen MR) is 78.9 cm³/mol. The Balaban J connectivity index is 2.15. The first-order valence-electron chi connectivity index (χ1n) is 6.77. The van der Waals surface area contributed by atoms with Gasteiger partial charge in [0.05, 0.1) is 18.2 Å². The third-order valence-corrected chi connectivity index (χ3v) is 3.45. The van der Waals surface area contributed by atoms with Gasteiger partial charge in [-0.25, -0.2) is 4.39 Å². The summed E-state index contributed by atoms with van der Waals surface area (Å²) in [6.45, 7) is 1.85. The molecule has 0 fully saturated rings. The van der Waals surface area contributed by atoms with Gasteiger partial charge in [0.2, 0.25) is 0 Å². The summed E-state index contributed by atoms with van der Waals surface area (Å²) in [4.78, 5) is 0. The zero-order chi connectivity index (χ0) is 15.2. The van der Waals surface area contributed by atoms with E-state index in [0.717, 1.165) is 11.1 Å². The van der Waals surface area contributed by atoms with Gasteiger partial charge in [0.25, 0.3) is 0 Å². The number of nitriles is 1. The molecule has 0 aliphatic heterocycles. The highest BCUT2D eigenvalue weighted by atomic mass is 19.1. The summed E-state index contributed by atoms with van der Waals surface area (Å²) in [6.07, 6.45) is 0. The van der Waals surface area contributed by atoms with Gasteiger partial charge in [0.1, 0.15) is 11.9 Å². The highest BCUT2D eigenvalue weighted by Crippen LogP contribution is 2.21. The minimum Gasteiger partial charge on any atom is -0.394 e. The van der Waals surface area contributed by atoms with Gasteiger partial charge in [-0.1, -0.05) is 36.4 Å². The number of nitrogens with zero attached hydrogens (tertiary/aromatic N) is 1. The highest BCUT2D eigenvalue weighted by Gasteiger charge is 2.15. The van der Waals surface area contributed by atoms with E-state index in [1.807, 2.05) is 37.3 Å². The summed E-state index contributed by atoms with van der Waals surface area (Å²) in [5.41, 5.74) is 1.74. The van der Waals surface area contributed by atoms with Crippen molar-refractivity contribution in [3.63, 3.8) is 0 Å². The summed E-state index contributed by atoms with van der Waals surface area (Å²) in [5, 5.41) is 21.5. The van der Waals surface area contributed by atoms with E-state index >= 15 is 0 Å². The van der Waals surface area contributed by atoms with Crippen molar-refractivity contribution in [2.75, 3.05) is 6.61 Å². The molecule has 0 heterocycles. The van der Waals surface area contributed by atoms with E-state index in [-0.39, 0.29) is 24.3 Å². The Morgan fingerprint density at radius 3 is 2.48 bits per heavy atom. The van der Waals surface area contributed by atoms with Gasteiger partial charge in [-0.2, -0.15) is 5.26 Å². The summed E-state index contributed by atoms with van der Waals surface area (Å²) in [6, 6.07) is 15.6. The Kier molecular flexibility index (Phi) is 5.04. The highest BCUT2D eigenvalue weighted by molar-refractivity contribution is 5.34. The van der Waals surface area contributed by atoms with E-state index in [2.05, 4.69) is 5.32 Å². The zero-order valence-electron chi connectivity index (χ0n) is 11.8. The van der Waals surface area contributed by atoms with E-state index in [1.54, 1.807) is 12.1 Å². The molecule has 2 rings (SSSR count). The monoisotopic (exact) mass is 284 g/mol. The molecule has 2 atom stereocenters. The number of halogens is 1. The first-order valence-corrected chi connectivity index (χ1v) is 6.77. The lowest BCUT2D eigenvalue weighted by Crippen LogP contribution is -2.27. The molecule has 0 amide bonds. The summed E-state index contributed by atoms with van der Waals surface area (Å²) < 4.78 is 13.7. The molecule has 2 aromatic rings. The van der Waals surface area contributed by atoms with E-state index in [0.29, 0.717) is 0 Å². The van der Waals surface area contributed by atoms with E-state index in [9.17, 15) is 9.50 Å². The van der Waals surface area contributed by atoms with Crippen LogP contribution in [0.4, 0.5) is 4.39 Å². The van der Waals surface area contributed by atoms with Crippen molar-refractivity contribution in [2.45, 2.75) is 19.0 Å². The van der Waals surface area contributed by atoms with Crippen LogP contribution in [0.25, 0.3) is 0 Å². The number of aliphatic hydroxyl groups excluding tert-OH is 1. The Hall–Kier alpha value is -2.22. The molecule has 0 saturated carbocycles. The fourth-order valence-corrected chi connectivity index (χ4v) is 2.23. The Labute approximate surface area is 123 Å². The van der Waals surface area contributed by atoms with Crippen LogP contribution in [0, 0.1) is 17.1 Å². The number of aliphatic hydroxyl groups is 1. The Morgan fingerprint density at radius 1 is 1.19 bits per heavy atom. The van der Waals surface area contributed by atoms with Crippen LogP contribution in [0.1, 0.15) is 35.7 Å². The summed E-state index contributed by atoms with van der Waals surface area (Å²) in [7, 11) is 0. The zero-order valence-corrected chi connectivity index (χ0v) is 11.8. The lowest BCUT2D eigenvalue weighted by atomic mass is 10.0. The van der Waals surface area contributed by atoms with Crippen LogP contribution in [-0.4, -0.2) is 11.7 Å². The van der Waals surface area contributed by atoms with Gasteiger partial charge in [0.15, 0.2) is 0 Å². The fraction of sp³-hybridized carbons (Fsp3) is 0.235. The molecule has 0 saturated heterocycles. The van der Waals surface area contributed by atoms with Gasteiger partial charge in [-0.3, -0.25) is 0 Å². The normalized spacial score (nSPS) is 13.4. The molecule has 0 aromatic heterocycles. The molecular weight excluding hydrogens is 267 g/mol. The minimum absolute atomic E-state index is 0.0349. The summed E-state index contributed by atoms with van der Waals surface area (Å²) in [5.74, 6) is -0.524. The lowest BCUT2D eigenvalue weighted by molar-refractivity contribution is 0.235. The third kappa shape index (κ3) is 3.66. The third-order valence-electron chi connectivity index (χ3n) is 3.45. The molecular formula is C17H17FN2O. The largest absolute Gasteiger partial charge is 0.394 e. The molecule has 0 aliphatic carbocycles. The van der Waals surface area contributed by atoms with Crippen molar-refractivity contribution in [2.24, 2.45) is 0 Å². The van der Waals surface area contributed by atoms with E-state index < -0.39 is 5.82 Å². The molecule has 2 unspecified atom stereocenters. The fourth-order valence-electron chi connectivity index (χ4n) is 2.23. The maximum atomic E-state index is 13.7. The molecule has 2 aromatic carbocycles. The molecule has 0 bridgehead atoms. The van der Waals surface area contributed by atoms with Gasteiger partial charge in [-0.05, 0) is 30.2 Å². The van der Waals surface area contributed by atoms with Crippen LogP contribution < -0.4 is 5.32 Å². The van der Waals surface area contributed by atoms with Crippen molar-refractivity contribution in [3.05, 3.63) is 71.0 Å². The second-order valence-electron chi connectivity index (χ2n) is 4.89. The first-order chi connectivity index (χ1) is 10.2. The lowest BCUT2D eigenvalue weighted by Gasteiger charge is -2.22. The predicted octanol–water partition coefficient (Wildman–Crippen LogP) is 3.08. The van der Waals surface area contributed by atoms with Crippen LogP contribution in [0.5, 0.6) is 0 Å². The van der Waals surface area contributed by atoms with Crippen LogP contribution in [0.15, 0.2) is 48.5 Å². The molecule has 0 radical (unpaired) electrons. The second-order valence-corrected chi connectivity index (χ2v) is 4.89. The molecule has 4 heteroatoms.